The van der Waals surface area contributed by atoms with Crippen LogP contribution in [0.15, 0.2) is 46.9 Å². The highest BCUT2D eigenvalue weighted by Gasteiger charge is 2.03. The van der Waals surface area contributed by atoms with Gasteiger partial charge in [-0.05, 0) is 51.8 Å². The van der Waals surface area contributed by atoms with Gasteiger partial charge in [-0.2, -0.15) is 0 Å². The first kappa shape index (κ1) is 12.8. The lowest BCUT2D eigenvalue weighted by Gasteiger charge is -2.07. The van der Waals surface area contributed by atoms with Gasteiger partial charge in [-0.25, -0.2) is 0 Å². The molecule has 0 unspecified atom stereocenters. The van der Waals surface area contributed by atoms with Gasteiger partial charge in [-0.1, -0.05) is 12.1 Å². The van der Waals surface area contributed by atoms with E-state index in [9.17, 15) is 4.79 Å². The molecule has 0 radical (unpaired) electrons. The van der Waals surface area contributed by atoms with Gasteiger partial charge in [0, 0.05) is 10.0 Å². The topological polar surface area (TPSA) is 46.5 Å². The molecule has 0 atom stereocenters. The second-order valence-corrected chi connectivity index (χ2v) is 4.56. The Balaban J connectivity index is 2.22. The van der Waals surface area contributed by atoms with E-state index in [2.05, 4.69) is 15.9 Å². The van der Waals surface area contributed by atoms with Crippen molar-refractivity contribution < 1.29 is 14.6 Å². The van der Waals surface area contributed by atoms with Crippen molar-refractivity contribution in [3.05, 3.63) is 58.1 Å². The minimum absolute atomic E-state index is 0.0228. The molecular formula is C14H11BrO3. The van der Waals surface area contributed by atoms with Gasteiger partial charge in [0.05, 0.1) is 6.61 Å². The molecule has 0 amide bonds. The highest BCUT2D eigenvalue weighted by atomic mass is 79.9. The molecule has 2 aromatic carbocycles. The van der Waals surface area contributed by atoms with E-state index in [0.29, 0.717) is 21.5 Å². The lowest BCUT2D eigenvalue weighted by Crippen LogP contribution is -1.89. The van der Waals surface area contributed by atoms with Gasteiger partial charge in [0.1, 0.15) is 11.5 Å². The summed E-state index contributed by atoms with van der Waals surface area (Å²) >= 11 is 3.30. The Labute approximate surface area is 113 Å². The molecule has 18 heavy (non-hydrogen) atoms. The maximum absolute atomic E-state index is 10.7. The summed E-state index contributed by atoms with van der Waals surface area (Å²) in [5.41, 5.74) is 1.36. The number of carbonyl (C=O) groups excluding carboxylic acids is 1. The average molecular weight is 307 g/mol. The molecule has 0 spiro atoms. The third-order valence-electron chi connectivity index (χ3n) is 2.42. The Kier molecular flexibility index (Phi) is 4.12. The fourth-order valence-electron chi connectivity index (χ4n) is 1.51. The lowest BCUT2D eigenvalue weighted by molar-refractivity contribution is 0.112. The first-order valence-electron chi connectivity index (χ1n) is 5.35. The van der Waals surface area contributed by atoms with Crippen LogP contribution in [0.25, 0.3) is 0 Å². The Morgan fingerprint density at radius 2 is 1.94 bits per heavy atom. The molecule has 92 valence electrons. The van der Waals surface area contributed by atoms with Crippen molar-refractivity contribution in [2.24, 2.45) is 0 Å². The molecule has 0 saturated heterocycles. The molecule has 0 aliphatic carbocycles. The summed E-state index contributed by atoms with van der Waals surface area (Å²) in [5, 5.41) is 9.04. The van der Waals surface area contributed by atoms with Crippen molar-refractivity contribution >= 4 is 22.2 Å². The Bertz CT molecular complexity index is 567. The van der Waals surface area contributed by atoms with Crippen molar-refractivity contribution in [1.29, 1.82) is 0 Å². The van der Waals surface area contributed by atoms with Gasteiger partial charge in [-0.3, -0.25) is 4.79 Å². The second kappa shape index (κ2) is 5.80. The number of aldehydes is 1. The van der Waals surface area contributed by atoms with Crippen LogP contribution in [0.1, 0.15) is 15.9 Å². The molecule has 0 saturated carbocycles. The number of ether oxygens (including phenoxy) is 1. The van der Waals surface area contributed by atoms with E-state index < -0.39 is 0 Å². The fourth-order valence-corrected chi connectivity index (χ4v) is 1.96. The van der Waals surface area contributed by atoms with Gasteiger partial charge in [0.2, 0.25) is 0 Å². The summed E-state index contributed by atoms with van der Waals surface area (Å²) in [4.78, 5) is 10.7. The highest BCUT2D eigenvalue weighted by molar-refractivity contribution is 9.10. The predicted molar refractivity (Wildman–Crippen MR) is 72.0 cm³/mol. The van der Waals surface area contributed by atoms with Crippen LogP contribution in [0, 0.1) is 0 Å². The SMILES string of the molecule is O=Cc1ccc(Oc2cccc(CO)c2)cc1Br. The number of aliphatic hydroxyl groups excluding tert-OH is 1. The van der Waals surface area contributed by atoms with E-state index in [0.717, 1.165) is 11.8 Å². The number of carbonyl (C=O) groups is 1. The van der Waals surface area contributed by atoms with Gasteiger partial charge in [0.15, 0.2) is 6.29 Å². The van der Waals surface area contributed by atoms with Crippen LogP contribution >= 0.6 is 15.9 Å². The molecule has 0 heterocycles. The molecule has 1 N–H and O–H groups in total. The largest absolute Gasteiger partial charge is 0.457 e. The van der Waals surface area contributed by atoms with Gasteiger partial charge >= 0.3 is 0 Å². The summed E-state index contributed by atoms with van der Waals surface area (Å²) in [6.07, 6.45) is 0.778. The predicted octanol–water partition coefficient (Wildman–Crippen LogP) is 3.55. The van der Waals surface area contributed by atoms with Crippen molar-refractivity contribution in [2.45, 2.75) is 6.61 Å². The maximum Gasteiger partial charge on any atom is 0.151 e. The van der Waals surface area contributed by atoms with Crippen LogP contribution < -0.4 is 4.74 Å². The summed E-state index contributed by atoms with van der Waals surface area (Å²) in [6.45, 7) is -0.0228. The molecule has 3 nitrogen and oxygen atoms in total. The first-order chi connectivity index (χ1) is 8.72. The minimum Gasteiger partial charge on any atom is -0.457 e. The number of halogens is 1. The van der Waals surface area contributed by atoms with E-state index in [1.165, 1.54) is 0 Å². The number of hydrogen-bond donors (Lipinski definition) is 1. The smallest absolute Gasteiger partial charge is 0.151 e. The second-order valence-electron chi connectivity index (χ2n) is 3.71. The normalized spacial score (nSPS) is 10.1. The standard InChI is InChI=1S/C14H11BrO3/c15-14-7-13(5-4-11(14)9-17)18-12-3-1-2-10(6-12)8-16/h1-7,9,16H,8H2. The molecule has 2 rings (SSSR count). The monoisotopic (exact) mass is 306 g/mol. The third-order valence-corrected chi connectivity index (χ3v) is 3.10. The molecular weight excluding hydrogens is 296 g/mol. The first-order valence-corrected chi connectivity index (χ1v) is 6.14. The van der Waals surface area contributed by atoms with Gasteiger partial charge in [0.25, 0.3) is 0 Å². The van der Waals surface area contributed by atoms with Crippen molar-refractivity contribution in [2.75, 3.05) is 0 Å². The van der Waals surface area contributed by atoms with Crippen molar-refractivity contribution in [1.82, 2.24) is 0 Å². The van der Waals surface area contributed by atoms with E-state index in [4.69, 9.17) is 9.84 Å². The van der Waals surface area contributed by atoms with Crippen molar-refractivity contribution in [3.8, 4) is 11.5 Å². The molecule has 4 heteroatoms. The Morgan fingerprint density at radius 1 is 1.17 bits per heavy atom. The summed E-state index contributed by atoms with van der Waals surface area (Å²) < 4.78 is 6.33. The fraction of sp³-hybridized carbons (Fsp3) is 0.0714. The van der Waals surface area contributed by atoms with Crippen LogP contribution in [0.2, 0.25) is 0 Å². The molecule has 0 aliphatic rings. The minimum atomic E-state index is -0.0228. The maximum atomic E-state index is 10.7. The highest BCUT2D eigenvalue weighted by Crippen LogP contribution is 2.26. The zero-order valence-electron chi connectivity index (χ0n) is 9.47. The summed E-state index contributed by atoms with van der Waals surface area (Å²) in [5.74, 6) is 1.27. The Hall–Kier alpha value is -1.65. The zero-order chi connectivity index (χ0) is 13.0. The lowest BCUT2D eigenvalue weighted by atomic mass is 10.2. The van der Waals surface area contributed by atoms with Crippen LogP contribution in [0.4, 0.5) is 0 Å². The quantitative estimate of drug-likeness (QED) is 0.879. The van der Waals surface area contributed by atoms with E-state index in [1.807, 2.05) is 12.1 Å². The number of benzene rings is 2. The van der Waals surface area contributed by atoms with E-state index >= 15 is 0 Å². The van der Waals surface area contributed by atoms with Crippen molar-refractivity contribution in [3.63, 3.8) is 0 Å². The van der Waals surface area contributed by atoms with Crippen LogP contribution in [-0.2, 0) is 6.61 Å². The van der Waals surface area contributed by atoms with Crippen LogP contribution in [0.5, 0.6) is 11.5 Å². The molecule has 0 aliphatic heterocycles. The van der Waals surface area contributed by atoms with Crippen LogP contribution in [-0.4, -0.2) is 11.4 Å². The average Bonchev–Trinajstić information content (AvgIpc) is 2.39. The van der Waals surface area contributed by atoms with Crippen LogP contribution in [0.3, 0.4) is 0 Å². The number of rotatable bonds is 4. The van der Waals surface area contributed by atoms with Gasteiger partial charge in [-0.15, -0.1) is 0 Å². The zero-order valence-corrected chi connectivity index (χ0v) is 11.1. The van der Waals surface area contributed by atoms with E-state index in [1.54, 1.807) is 30.3 Å². The summed E-state index contributed by atoms with van der Waals surface area (Å²) in [7, 11) is 0. The molecule has 2 aromatic rings. The third kappa shape index (κ3) is 2.97. The molecule has 0 bridgehead atoms. The molecule has 0 fully saturated rings. The summed E-state index contributed by atoms with van der Waals surface area (Å²) in [6, 6.07) is 12.3. The van der Waals surface area contributed by atoms with E-state index in [-0.39, 0.29) is 6.61 Å². The number of aliphatic hydroxyl groups is 1. The molecule has 0 aromatic heterocycles. The number of hydrogen-bond acceptors (Lipinski definition) is 3. The van der Waals surface area contributed by atoms with Gasteiger partial charge < -0.3 is 9.84 Å². The Morgan fingerprint density at radius 3 is 2.61 bits per heavy atom.